The van der Waals surface area contributed by atoms with Crippen LogP contribution in [-0.4, -0.2) is 19.7 Å². The molecule has 0 aliphatic heterocycles. The third-order valence-electron chi connectivity index (χ3n) is 11.0. The summed E-state index contributed by atoms with van der Waals surface area (Å²) in [6.45, 7) is 0. The van der Waals surface area contributed by atoms with Gasteiger partial charge in [-0.15, -0.1) is 0 Å². The minimum absolute atomic E-state index is 0.684. The summed E-state index contributed by atoms with van der Waals surface area (Å²) in [6.07, 6.45) is 0. The molecule has 0 unspecified atom stereocenters. The normalized spacial score (nSPS) is 11.5. The molecule has 0 radical (unpaired) electrons. The van der Waals surface area contributed by atoms with Gasteiger partial charge in [-0.25, -0.2) is 14.6 Å². The summed E-state index contributed by atoms with van der Waals surface area (Å²) >= 11 is 0. The van der Waals surface area contributed by atoms with E-state index in [4.69, 9.17) is 15.1 Å². The molecule has 4 heteroatoms. The second kappa shape index (κ2) is 13.6. The second-order valence-electron chi connectivity index (χ2n) is 14.5. The van der Waals surface area contributed by atoms with E-state index in [2.05, 4.69) is 205 Å². The fourth-order valence-corrected chi connectivity index (χ4v) is 8.23. The van der Waals surface area contributed by atoms with Crippen LogP contribution in [0.2, 0.25) is 0 Å². The lowest BCUT2D eigenvalue weighted by Gasteiger charge is -2.15. The Bertz CT molecular complexity index is 3180. The Morgan fingerprint density at radius 1 is 0.351 bits per heavy atom. The number of hydrogen-bond donors (Lipinski definition) is 0. The highest BCUT2D eigenvalue weighted by atomic mass is 15.3. The summed E-state index contributed by atoms with van der Waals surface area (Å²) in [4.78, 5) is 10.7. The van der Waals surface area contributed by atoms with Crippen molar-refractivity contribution in [2.75, 3.05) is 0 Å². The molecule has 11 rings (SSSR count). The van der Waals surface area contributed by atoms with E-state index in [0.717, 1.165) is 83.2 Å². The Hall–Kier alpha value is -7.69. The first kappa shape index (κ1) is 32.7. The van der Waals surface area contributed by atoms with Crippen LogP contribution in [0.15, 0.2) is 206 Å². The van der Waals surface area contributed by atoms with Crippen molar-refractivity contribution in [1.82, 2.24) is 19.7 Å². The maximum absolute atomic E-state index is 5.42. The van der Waals surface area contributed by atoms with E-state index in [-0.39, 0.29) is 0 Å². The monoisotopic (exact) mass is 726 g/mol. The minimum atomic E-state index is 0.684. The standard InChI is InChI=1S/C53H34N4/c1-4-17-37(18-5-1)46-33-47-44(25-14-26-45(47)52-50(46)51(38-19-6-2-7-20-38)56-57(52)43-23-8-3-9-24-43)49-34-48(41-29-27-35-15-10-12-21-39(35)31-41)54-53(55-49)42-30-28-36-16-11-13-22-40(36)32-42/h1-34H. The summed E-state index contributed by atoms with van der Waals surface area (Å²) < 4.78 is 2.12. The van der Waals surface area contributed by atoms with Gasteiger partial charge in [-0.3, -0.25) is 0 Å². The van der Waals surface area contributed by atoms with Crippen LogP contribution in [0.3, 0.4) is 0 Å². The summed E-state index contributed by atoms with van der Waals surface area (Å²) in [6, 6.07) is 72.7. The molecule has 0 spiro atoms. The van der Waals surface area contributed by atoms with Crippen molar-refractivity contribution in [3.05, 3.63) is 206 Å². The van der Waals surface area contributed by atoms with E-state index in [1.165, 1.54) is 16.2 Å². The van der Waals surface area contributed by atoms with Crippen LogP contribution in [0.4, 0.5) is 0 Å². The fourth-order valence-electron chi connectivity index (χ4n) is 8.23. The largest absolute Gasteiger partial charge is 0.232 e. The van der Waals surface area contributed by atoms with Gasteiger partial charge in [-0.2, -0.15) is 5.10 Å². The van der Waals surface area contributed by atoms with Crippen molar-refractivity contribution in [3.8, 4) is 62.0 Å². The van der Waals surface area contributed by atoms with E-state index in [0.29, 0.717) is 5.82 Å². The van der Waals surface area contributed by atoms with Gasteiger partial charge in [0.2, 0.25) is 0 Å². The average molecular weight is 727 g/mol. The van der Waals surface area contributed by atoms with Crippen LogP contribution in [-0.2, 0) is 0 Å². The molecule has 11 aromatic rings. The molecule has 0 saturated carbocycles. The fraction of sp³-hybridized carbons (Fsp3) is 0. The van der Waals surface area contributed by atoms with Gasteiger partial charge in [0.1, 0.15) is 5.69 Å². The smallest absolute Gasteiger partial charge is 0.160 e. The molecule has 0 saturated heterocycles. The Labute approximate surface area is 330 Å². The van der Waals surface area contributed by atoms with Crippen LogP contribution in [0.5, 0.6) is 0 Å². The number of aromatic nitrogens is 4. The van der Waals surface area contributed by atoms with Gasteiger partial charge < -0.3 is 0 Å². The molecular formula is C53H34N4. The van der Waals surface area contributed by atoms with Crippen molar-refractivity contribution < 1.29 is 0 Å². The topological polar surface area (TPSA) is 43.6 Å². The zero-order valence-electron chi connectivity index (χ0n) is 30.9. The number of fused-ring (bicyclic) bond motifs is 5. The molecule has 0 aliphatic rings. The first-order chi connectivity index (χ1) is 28.2. The van der Waals surface area contributed by atoms with Gasteiger partial charge >= 0.3 is 0 Å². The third kappa shape index (κ3) is 5.74. The van der Waals surface area contributed by atoms with E-state index in [1.807, 2.05) is 6.07 Å². The van der Waals surface area contributed by atoms with Gasteiger partial charge in [0, 0.05) is 33.0 Å². The van der Waals surface area contributed by atoms with Crippen LogP contribution in [0.1, 0.15) is 0 Å². The molecule has 266 valence electrons. The number of para-hydroxylation sites is 1. The van der Waals surface area contributed by atoms with Crippen molar-refractivity contribution in [2.24, 2.45) is 0 Å². The predicted molar refractivity (Wildman–Crippen MR) is 236 cm³/mol. The van der Waals surface area contributed by atoms with Gasteiger partial charge in [0.15, 0.2) is 5.82 Å². The summed E-state index contributed by atoms with van der Waals surface area (Å²) in [7, 11) is 0. The molecular weight excluding hydrogens is 693 g/mol. The molecule has 9 aromatic carbocycles. The van der Waals surface area contributed by atoms with E-state index >= 15 is 0 Å². The van der Waals surface area contributed by atoms with E-state index in [9.17, 15) is 0 Å². The second-order valence-corrected chi connectivity index (χ2v) is 14.5. The SMILES string of the molecule is c1ccc(-c2cc3c(-c4cc(-c5ccc6ccccc6c5)nc(-c5ccc6ccccc6c5)n4)cccc3c3c2c(-c2ccccc2)nn3-c2ccccc2)cc1. The molecule has 0 bridgehead atoms. The minimum Gasteiger partial charge on any atom is -0.232 e. The molecule has 0 atom stereocenters. The average Bonchev–Trinajstić information content (AvgIpc) is 3.70. The number of nitrogens with zero attached hydrogens (tertiary/aromatic N) is 4. The highest BCUT2D eigenvalue weighted by Crippen LogP contribution is 2.44. The molecule has 0 aliphatic carbocycles. The summed E-state index contributed by atoms with van der Waals surface area (Å²) in [5.74, 6) is 0.684. The quantitative estimate of drug-likeness (QED) is 0.171. The van der Waals surface area contributed by atoms with Crippen LogP contribution in [0, 0.1) is 0 Å². The zero-order chi connectivity index (χ0) is 37.7. The maximum atomic E-state index is 5.42. The van der Waals surface area contributed by atoms with E-state index in [1.54, 1.807) is 0 Å². The van der Waals surface area contributed by atoms with Gasteiger partial charge in [0.05, 0.1) is 22.6 Å². The lowest BCUT2D eigenvalue weighted by Crippen LogP contribution is -1.98. The van der Waals surface area contributed by atoms with Crippen molar-refractivity contribution in [1.29, 1.82) is 0 Å². The Kier molecular flexibility index (Phi) is 7.78. The molecule has 0 fully saturated rings. The van der Waals surface area contributed by atoms with Gasteiger partial charge in [-0.1, -0.05) is 170 Å². The zero-order valence-corrected chi connectivity index (χ0v) is 30.9. The first-order valence-corrected chi connectivity index (χ1v) is 19.3. The van der Waals surface area contributed by atoms with Crippen LogP contribution in [0.25, 0.3) is 105 Å². The highest BCUT2D eigenvalue weighted by molar-refractivity contribution is 6.19. The van der Waals surface area contributed by atoms with Crippen LogP contribution < -0.4 is 0 Å². The maximum Gasteiger partial charge on any atom is 0.160 e. The van der Waals surface area contributed by atoms with Gasteiger partial charge in [-0.05, 0) is 74.5 Å². The molecule has 2 aromatic heterocycles. The van der Waals surface area contributed by atoms with Crippen molar-refractivity contribution in [3.63, 3.8) is 0 Å². The molecule has 0 N–H and O–H groups in total. The third-order valence-corrected chi connectivity index (χ3v) is 11.0. The number of benzene rings is 9. The summed E-state index contributed by atoms with van der Waals surface area (Å²) in [5, 5.41) is 13.4. The first-order valence-electron chi connectivity index (χ1n) is 19.3. The molecule has 4 nitrogen and oxygen atoms in total. The van der Waals surface area contributed by atoms with Crippen LogP contribution >= 0.6 is 0 Å². The van der Waals surface area contributed by atoms with E-state index < -0.39 is 0 Å². The lowest BCUT2D eigenvalue weighted by atomic mass is 9.91. The van der Waals surface area contributed by atoms with Gasteiger partial charge in [0.25, 0.3) is 0 Å². The predicted octanol–water partition coefficient (Wildman–Crippen LogP) is 13.6. The summed E-state index contributed by atoms with van der Waals surface area (Å²) in [5.41, 5.74) is 11.1. The van der Waals surface area contributed by atoms with Crippen molar-refractivity contribution >= 4 is 43.2 Å². The number of hydrogen-bond acceptors (Lipinski definition) is 3. The molecule has 2 heterocycles. The Morgan fingerprint density at radius 2 is 0.930 bits per heavy atom. The molecule has 0 amide bonds. The van der Waals surface area contributed by atoms with Crippen molar-refractivity contribution in [2.45, 2.75) is 0 Å². The highest BCUT2D eigenvalue weighted by Gasteiger charge is 2.23. The Morgan fingerprint density at radius 3 is 1.63 bits per heavy atom. The molecule has 57 heavy (non-hydrogen) atoms. The Balaban J connectivity index is 1.23. The lowest BCUT2D eigenvalue weighted by molar-refractivity contribution is 0.918. The number of rotatable bonds is 6.